The zero-order chi connectivity index (χ0) is 15.3. The lowest BCUT2D eigenvalue weighted by molar-refractivity contribution is -0.171. The van der Waals surface area contributed by atoms with Crippen LogP contribution in [0.5, 0.6) is 0 Å². The van der Waals surface area contributed by atoms with Gasteiger partial charge in [0.05, 0.1) is 11.9 Å². The molecule has 1 atom stereocenters. The zero-order valence-electron chi connectivity index (χ0n) is 10.7. The summed E-state index contributed by atoms with van der Waals surface area (Å²) in [4.78, 5) is 22.9. The molecular formula is C12H16ClF4NO2. The molecule has 1 amide bonds. The Morgan fingerprint density at radius 2 is 1.75 bits per heavy atom. The van der Waals surface area contributed by atoms with E-state index in [2.05, 4.69) is 0 Å². The molecule has 20 heavy (non-hydrogen) atoms. The van der Waals surface area contributed by atoms with Crippen molar-refractivity contribution in [1.82, 2.24) is 5.32 Å². The van der Waals surface area contributed by atoms with Gasteiger partial charge >= 0.3 is 12.3 Å². The van der Waals surface area contributed by atoms with Crippen molar-refractivity contribution < 1.29 is 27.2 Å². The third-order valence-corrected chi connectivity index (χ3v) is 3.73. The lowest BCUT2D eigenvalue weighted by atomic mass is 9.82. The second-order valence-corrected chi connectivity index (χ2v) is 5.14. The Balaban J connectivity index is 2.79. The van der Waals surface area contributed by atoms with Crippen LogP contribution in [0.4, 0.5) is 17.6 Å². The van der Waals surface area contributed by atoms with Gasteiger partial charge in [-0.25, -0.2) is 8.78 Å². The topological polar surface area (TPSA) is 46.2 Å². The molecule has 1 aliphatic rings. The molecule has 0 aromatic heterocycles. The average Bonchev–Trinajstić information content (AvgIpc) is 2.44. The second-order valence-electron chi connectivity index (χ2n) is 4.87. The van der Waals surface area contributed by atoms with Crippen LogP contribution in [0.25, 0.3) is 0 Å². The Labute approximate surface area is 119 Å². The summed E-state index contributed by atoms with van der Waals surface area (Å²) >= 11 is 5.39. The van der Waals surface area contributed by atoms with E-state index in [4.69, 9.17) is 11.6 Å². The molecule has 1 fully saturated rings. The van der Waals surface area contributed by atoms with Gasteiger partial charge in [0, 0.05) is 0 Å². The molecule has 1 saturated carbocycles. The average molecular weight is 318 g/mol. The minimum atomic E-state index is -4.81. The molecule has 116 valence electrons. The zero-order valence-corrected chi connectivity index (χ0v) is 11.4. The standard InChI is InChI=1S/C12H16ClF4NO2/c13-6-8(19)9(7-4-2-1-3-5-7)18-11(20)12(16,17)10(14)15/h7,9-10H,1-6H2,(H,18,20). The molecule has 0 aromatic carbocycles. The van der Waals surface area contributed by atoms with Crippen LogP contribution in [0.15, 0.2) is 0 Å². The van der Waals surface area contributed by atoms with E-state index in [1.54, 1.807) is 5.32 Å². The molecule has 3 nitrogen and oxygen atoms in total. The summed E-state index contributed by atoms with van der Waals surface area (Å²) in [6, 6.07) is -1.22. The van der Waals surface area contributed by atoms with Crippen molar-refractivity contribution in [3.63, 3.8) is 0 Å². The SMILES string of the molecule is O=C(CCl)C(NC(=O)C(F)(F)C(F)F)C1CCCCC1. The van der Waals surface area contributed by atoms with Crippen LogP contribution in [0.1, 0.15) is 32.1 Å². The number of hydrogen-bond donors (Lipinski definition) is 1. The maximum atomic E-state index is 12.9. The summed E-state index contributed by atoms with van der Waals surface area (Å²) in [6.07, 6.45) is -0.392. The van der Waals surface area contributed by atoms with E-state index in [0.29, 0.717) is 12.8 Å². The largest absolute Gasteiger partial charge is 0.383 e. The molecule has 1 unspecified atom stereocenters. The predicted octanol–water partition coefficient (Wildman–Crippen LogP) is 2.76. The van der Waals surface area contributed by atoms with E-state index in [1.165, 1.54) is 0 Å². The fourth-order valence-corrected chi connectivity index (χ4v) is 2.51. The maximum Gasteiger partial charge on any atom is 0.383 e. The van der Waals surface area contributed by atoms with Crippen LogP contribution in [0, 0.1) is 5.92 Å². The first-order valence-electron chi connectivity index (χ1n) is 6.36. The van der Waals surface area contributed by atoms with Gasteiger partial charge in [0.15, 0.2) is 5.78 Å². The number of nitrogens with one attached hydrogen (secondary N) is 1. The van der Waals surface area contributed by atoms with Crippen molar-refractivity contribution in [2.75, 3.05) is 5.88 Å². The summed E-state index contributed by atoms with van der Waals surface area (Å²) in [5.41, 5.74) is 0. The van der Waals surface area contributed by atoms with Crippen molar-refractivity contribution in [2.24, 2.45) is 5.92 Å². The van der Waals surface area contributed by atoms with Crippen LogP contribution in [0.2, 0.25) is 0 Å². The minimum Gasteiger partial charge on any atom is -0.341 e. The molecular weight excluding hydrogens is 302 g/mol. The van der Waals surface area contributed by atoms with Crippen LogP contribution in [-0.2, 0) is 9.59 Å². The fraction of sp³-hybridized carbons (Fsp3) is 0.833. The van der Waals surface area contributed by atoms with Crippen LogP contribution < -0.4 is 5.32 Å². The summed E-state index contributed by atoms with van der Waals surface area (Å²) in [7, 11) is 0. The summed E-state index contributed by atoms with van der Waals surface area (Å²) in [5.74, 6) is -8.34. The van der Waals surface area contributed by atoms with Gasteiger partial charge in [0.2, 0.25) is 0 Å². The van der Waals surface area contributed by atoms with Crippen molar-refractivity contribution >= 4 is 23.3 Å². The highest BCUT2D eigenvalue weighted by molar-refractivity contribution is 6.28. The first kappa shape index (κ1) is 17.2. The first-order chi connectivity index (χ1) is 9.30. The Hall–Kier alpha value is -0.850. The third kappa shape index (κ3) is 4.07. The number of rotatable bonds is 6. The minimum absolute atomic E-state index is 0.326. The Bertz CT molecular complexity index is 359. The number of ketones is 1. The number of Topliss-reactive ketones (excluding diaryl/α,β-unsaturated/α-hetero) is 1. The molecule has 0 saturated heterocycles. The van der Waals surface area contributed by atoms with Gasteiger partial charge < -0.3 is 5.32 Å². The highest BCUT2D eigenvalue weighted by Gasteiger charge is 2.50. The van der Waals surface area contributed by atoms with Gasteiger partial charge in [0.1, 0.15) is 0 Å². The van der Waals surface area contributed by atoms with Crippen LogP contribution >= 0.6 is 11.6 Å². The van der Waals surface area contributed by atoms with Gasteiger partial charge in [-0.05, 0) is 18.8 Å². The number of hydrogen-bond acceptors (Lipinski definition) is 2. The molecule has 0 bridgehead atoms. The van der Waals surface area contributed by atoms with Crippen molar-refractivity contribution in [3.8, 4) is 0 Å². The number of carbonyl (C=O) groups excluding carboxylic acids is 2. The lowest BCUT2D eigenvalue weighted by Gasteiger charge is -2.30. The quantitative estimate of drug-likeness (QED) is 0.605. The van der Waals surface area contributed by atoms with Crippen LogP contribution in [0.3, 0.4) is 0 Å². The molecule has 0 aliphatic heterocycles. The van der Waals surface area contributed by atoms with Gasteiger partial charge in [-0.3, -0.25) is 9.59 Å². The van der Waals surface area contributed by atoms with Crippen molar-refractivity contribution in [3.05, 3.63) is 0 Å². The van der Waals surface area contributed by atoms with E-state index in [-0.39, 0.29) is 5.92 Å². The Kier molecular flexibility index (Phi) is 6.23. The summed E-state index contributed by atoms with van der Waals surface area (Å²) in [6.45, 7) is 0. The maximum absolute atomic E-state index is 12.9. The van der Waals surface area contributed by atoms with E-state index in [9.17, 15) is 27.2 Å². The normalized spacial score (nSPS) is 18.9. The number of alkyl halides is 5. The van der Waals surface area contributed by atoms with Gasteiger partial charge in [-0.2, -0.15) is 8.78 Å². The monoisotopic (exact) mass is 317 g/mol. The number of halogens is 5. The molecule has 1 aliphatic carbocycles. The second kappa shape index (κ2) is 7.24. The van der Waals surface area contributed by atoms with Gasteiger partial charge in [0.25, 0.3) is 5.91 Å². The lowest BCUT2D eigenvalue weighted by Crippen LogP contribution is -2.54. The fourth-order valence-electron chi connectivity index (χ4n) is 2.35. The van der Waals surface area contributed by atoms with Gasteiger partial charge in [-0.15, -0.1) is 11.6 Å². The Morgan fingerprint density at radius 1 is 1.20 bits per heavy atom. The van der Waals surface area contributed by atoms with Gasteiger partial charge in [-0.1, -0.05) is 19.3 Å². The summed E-state index contributed by atoms with van der Waals surface area (Å²) < 4.78 is 50.1. The Morgan fingerprint density at radius 3 is 2.20 bits per heavy atom. The molecule has 1 N–H and O–H groups in total. The highest BCUT2D eigenvalue weighted by Crippen LogP contribution is 2.29. The highest BCUT2D eigenvalue weighted by atomic mass is 35.5. The molecule has 0 aromatic rings. The van der Waals surface area contributed by atoms with Crippen LogP contribution in [-0.4, -0.2) is 36.0 Å². The van der Waals surface area contributed by atoms with Crippen molar-refractivity contribution in [2.45, 2.75) is 50.5 Å². The van der Waals surface area contributed by atoms with E-state index < -0.39 is 36.0 Å². The molecule has 0 heterocycles. The number of amides is 1. The van der Waals surface area contributed by atoms with E-state index in [1.807, 2.05) is 0 Å². The molecule has 0 radical (unpaired) electrons. The summed E-state index contributed by atoms with van der Waals surface area (Å²) in [5, 5.41) is 1.76. The smallest absolute Gasteiger partial charge is 0.341 e. The van der Waals surface area contributed by atoms with Crippen molar-refractivity contribution in [1.29, 1.82) is 0 Å². The third-order valence-electron chi connectivity index (χ3n) is 3.46. The molecule has 8 heteroatoms. The predicted molar refractivity (Wildman–Crippen MR) is 65.2 cm³/mol. The number of carbonyl (C=O) groups is 2. The van der Waals surface area contributed by atoms with E-state index in [0.717, 1.165) is 19.3 Å². The first-order valence-corrected chi connectivity index (χ1v) is 6.89. The van der Waals surface area contributed by atoms with E-state index >= 15 is 0 Å². The molecule has 1 rings (SSSR count). The molecule has 0 spiro atoms.